The van der Waals surface area contributed by atoms with E-state index >= 15 is 0 Å². The number of tetrazole rings is 6. The van der Waals surface area contributed by atoms with Crippen molar-refractivity contribution in [1.82, 2.24) is 90.0 Å². The predicted molar refractivity (Wildman–Crippen MR) is 406 cm³/mol. The summed E-state index contributed by atoms with van der Waals surface area (Å²) < 4.78 is 0. The van der Waals surface area contributed by atoms with Crippen molar-refractivity contribution in [3.8, 4) is 102 Å². The van der Waals surface area contributed by atoms with Crippen LogP contribution in [-0.4, -0.2) is 223 Å². The van der Waals surface area contributed by atoms with Gasteiger partial charge in [-0.3, -0.25) is 0 Å². The van der Waals surface area contributed by atoms with Crippen LogP contribution >= 0.6 is 0 Å². The van der Waals surface area contributed by atoms with Crippen LogP contribution < -0.4 is 28.8 Å². The van der Waals surface area contributed by atoms with Crippen LogP contribution in [0.5, 0.6) is 0 Å². The molecule has 0 bridgehead atoms. The van der Waals surface area contributed by atoms with Crippen LogP contribution in [0.25, 0.3) is 102 Å². The van der Waals surface area contributed by atoms with Gasteiger partial charge in [0.05, 0.1) is 131 Å². The molecule has 624 valence electrons. The number of aromatic nitrogens is 24. The van der Waals surface area contributed by atoms with Gasteiger partial charge < -0.3 is 61.3 Å². The fraction of sp³-hybridized carbons (Fsp3) is 0.0769. The molecular weight excluding hydrogens is 1660 g/mol. The molecule has 0 spiro atoms. The Morgan fingerprint density at radius 1 is 0.190 bits per heavy atom. The third-order valence-electron chi connectivity index (χ3n) is 19.4. The normalized spacial score (nSPS) is 11.9. The first kappa shape index (κ1) is 80.8. The summed E-state index contributed by atoms with van der Waals surface area (Å²) in [6.07, 6.45) is 0. The maximum atomic E-state index is 11.8. The van der Waals surface area contributed by atoms with Gasteiger partial charge in [-0.05, 0) is 238 Å². The molecule has 12 N–H and O–H groups in total. The third-order valence-corrected chi connectivity index (χ3v) is 19.4. The van der Waals surface area contributed by atoms with Crippen molar-refractivity contribution in [2.24, 2.45) is 0 Å². The number of hydrogen-bond acceptors (Lipinski definition) is 24. The minimum Gasteiger partial charge on any atom is -0.478 e. The topological polar surface area (TPSA) is 655 Å². The molecule has 48 nitrogen and oxygen atoms in total. The second-order valence-corrected chi connectivity index (χ2v) is 27.6. The molecule has 8 heterocycles. The zero-order chi connectivity index (χ0) is 89.1. The Labute approximate surface area is 696 Å². The first-order valence-corrected chi connectivity index (χ1v) is 36.3. The Balaban J connectivity index is 0.000000194. The molecule has 17 rings (SSSR count). The van der Waals surface area contributed by atoms with Crippen molar-refractivity contribution >= 4 is 71.6 Å². The van der Waals surface area contributed by atoms with Gasteiger partial charge in [0.25, 0.3) is 26.7 Å². The lowest BCUT2D eigenvalue weighted by Gasteiger charge is -2.06. The summed E-state index contributed by atoms with van der Waals surface area (Å²) in [6.45, 7) is -1.01. The van der Waals surface area contributed by atoms with Crippen LogP contribution in [0.1, 0.15) is 124 Å². The average Bonchev–Trinajstić information content (AvgIpc) is 1.62. The number of carboxylic acid groups (broad SMARTS) is 12. The van der Waals surface area contributed by atoms with Gasteiger partial charge in [0, 0.05) is 28.8 Å². The monoisotopic (exact) mass is 1710 g/mol. The minimum absolute atomic E-state index is 0.00884. The summed E-state index contributed by atoms with van der Waals surface area (Å²) in [6, 6.07) is 41.7. The second-order valence-electron chi connectivity index (χ2n) is 27.6. The maximum Gasteiger partial charge on any atom is 0.339 e. The molecular formula is C78H54N24O24+6. The summed E-state index contributed by atoms with van der Waals surface area (Å²) in [5.41, 5.74) is 1.10. The van der Waals surface area contributed by atoms with E-state index in [1.807, 2.05) is 0 Å². The Morgan fingerprint density at radius 3 is 0.540 bits per heavy atom. The van der Waals surface area contributed by atoms with Crippen LogP contribution in [0, 0.1) is 0 Å². The smallest absolute Gasteiger partial charge is 0.339 e. The molecule has 48 heteroatoms. The highest BCUT2D eigenvalue weighted by atomic mass is 16.4. The van der Waals surface area contributed by atoms with E-state index in [4.69, 9.17) is 30.6 Å². The van der Waals surface area contributed by atoms with Crippen LogP contribution in [0.15, 0.2) is 182 Å². The number of carboxylic acids is 12. The zero-order valence-electron chi connectivity index (χ0n) is 63.6. The van der Waals surface area contributed by atoms with Crippen molar-refractivity contribution in [3.05, 3.63) is 249 Å². The molecule has 0 unspecified atom stereocenters. The maximum absolute atomic E-state index is 11.8. The highest BCUT2D eigenvalue weighted by Gasteiger charge is 2.39. The number of rotatable bonds is 21. The lowest BCUT2D eigenvalue weighted by atomic mass is 9.98. The molecule has 0 atom stereocenters. The molecule has 0 saturated carbocycles. The molecule has 126 heavy (non-hydrogen) atoms. The molecule has 0 radical (unpaired) electrons. The minimum atomic E-state index is -1.41. The van der Waals surface area contributed by atoms with Crippen LogP contribution in [0.2, 0.25) is 0 Å². The molecule has 2 aliphatic rings. The van der Waals surface area contributed by atoms with E-state index in [1.165, 1.54) is 94.0 Å². The van der Waals surface area contributed by atoms with E-state index in [1.54, 1.807) is 72.8 Å². The Kier molecular flexibility index (Phi) is 20.6. The quantitative estimate of drug-likeness (QED) is 0.0455. The zero-order valence-corrected chi connectivity index (χ0v) is 63.6. The van der Waals surface area contributed by atoms with Crippen LogP contribution in [-0.2, 0) is 40.0 Å². The highest BCUT2D eigenvalue weighted by molar-refractivity contribution is 6.01. The molecule has 15 aromatic rings. The number of carbonyl (C=O) groups is 12. The summed E-state index contributed by atoms with van der Waals surface area (Å²) >= 11 is 0. The molecule has 0 aliphatic carbocycles. The summed E-state index contributed by atoms with van der Waals surface area (Å²) in [5, 5.41) is 171. The molecule has 0 saturated heterocycles. The predicted octanol–water partition coefficient (Wildman–Crippen LogP) is 1.69. The van der Waals surface area contributed by atoms with Gasteiger partial charge in [0.2, 0.25) is 0 Å². The third kappa shape index (κ3) is 16.4. The number of fused-ring (bicyclic) bond motifs is 6. The number of aromatic carboxylic acids is 12. The lowest BCUT2D eigenvalue weighted by Crippen LogP contribution is -2.63. The average molecular weight is 1710 g/mol. The van der Waals surface area contributed by atoms with Gasteiger partial charge in [-0.2, -0.15) is 0 Å². The van der Waals surface area contributed by atoms with Gasteiger partial charge >= 0.3 is 120 Å². The highest BCUT2D eigenvalue weighted by Crippen LogP contribution is 2.31. The van der Waals surface area contributed by atoms with E-state index in [9.17, 15) is 119 Å². The molecule has 0 fully saturated rings. The van der Waals surface area contributed by atoms with Crippen molar-refractivity contribution in [2.75, 3.05) is 0 Å². The number of benzene rings is 9. The van der Waals surface area contributed by atoms with Gasteiger partial charge in [-0.15, -0.1) is 0 Å². The van der Waals surface area contributed by atoms with E-state index in [2.05, 4.69) is 30.6 Å². The van der Waals surface area contributed by atoms with Gasteiger partial charge in [0.15, 0.2) is 0 Å². The second kappa shape index (κ2) is 32.1. The standard InChI is InChI=1S/C48H30N12O12.C30H18N12O12/c61-43(62)34-13-31(14-35(19-34)44(63)64)25-1-7-28(8-2-25)40-49-55-22-57-51-41(29-9-3-26(4-10-29)32-15-36(45(65)66)20-37(16-32)46(67)68)53-59(57)24-60-54-42(52-58(60)23-56(55)50-40)30-11-5-27(6-12-30)33-17-38(47(69)70)21-39(18-33)48(71)72;43-25(44)16-1-13(2-17(7-16)26(45)46)22-31-37-10-39-33-23(14-3-18(27(47)48)8-19(4-14)28(49)50)35-41(39)12-42-36-24(34-40(42)11-38(37)32-22)15-5-20(29(51)52)9-21(6-15)30(53)54/h1-21H,22-24H2,(H3-3,61,62,63,64,65,66,67,68,69,70,71,72);1-9H,10-12H2,(H3-3,43,44,45,46,47,48,49,50,51,52,53,54)/p+6. The van der Waals surface area contributed by atoms with Crippen molar-refractivity contribution < 1.29 is 148 Å². The Hall–Kier alpha value is -19.0. The van der Waals surface area contributed by atoms with Crippen LogP contribution in [0.4, 0.5) is 0 Å². The van der Waals surface area contributed by atoms with Crippen molar-refractivity contribution in [3.63, 3.8) is 0 Å². The Morgan fingerprint density at radius 2 is 0.341 bits per heavy atom. The summed E-state index contributed by atoms with van der Waals surface area (Å²) in [5.74, 6) is -15.8. The van der Waals surface area contributed by atoms with Crippen LogP contribution in [0.3, 0.4) is 0 Å². The van der Waals surface area contributed by atoms with Crippen molar-refractivity contribution in [2.45, 2.75) is 40.0 Å². The summed E-state index contributed by atoms with van der Waals surface area (Å²) in [7, 11) is 0. The fourth-order valence-electron chi connectivity index (χ4n) is 13.2. The first-order chi connectivity index (χ1) is 60.1. The molecule has 6 aromatic heterocycles. The van der Waals surface area contributed by atoms with E-state index in [0.717, 1.165) is 72.8 Å². The van der Waals surface area contributed by atoms with E-state index in [0.29, 0.717) is 50.1 Å². The molecule has 9 aromatic carbocycles. The summed E-state index contributed by atoms with van der Waals surface area (Å²) in [4.78, 5) is 158. The van der Waals surface area contributed by atoms with E-state index < -0.39 is 71.6 Å². The molecule has 0 amide bonds. The fourth-order valence-corrected chi connectivity index (χ4v) is 13.2. The SMILES string of the molecule is O=C(O)c1cc(C(=O)O)cc(-c2ccc(-c3nn4[n+](n3)Cn3nc(-c5ccc(-c6cc(C(=O)O)cc(C(=O)O)c6)cc5)n[n+]3C[n+]3nc(-c5ccc(-c6cc(C(=O)O)cc(C(=O)O)c6)cc5)nn3C4)cc2)c1.O=C(O)c1cc(C(=O)O)cc(-c2nn3[n+](n2)Cn2nc(-c4cc(C(=O)O)cc(C(=O)O)c4)n[n+]2C[n+]2nc(-c4cc(C(=O)O)cc(C(=O)O)c4)nn2C3)c1. The van der Waals surface area contributed by atoms with Gasteiger partial charge in [0.1, 0.15) is 0 Å². The number of nitrogens with zero attached hydrogens (tertiary/aromatic N) is 24. The molecule has 2 aliphatic heterocycles. The van der Waals surface area contributed by atoms with E-state index in [-0.39, 0.29) is 158 Å². The van der Waals surface area contributed by atoms with Gasteiger partial charge in [-0.25, -0.2) is 57.5 Å². The largest absolute Gasteiger partial charge is 0.478 e. The Bertz CT molecular complexity index is 6250. The lowest BCUT2D eigenvalue weighted by molar-refractivity contribution is -1.03. The first-order valence-electron chi connectivity index (χ1n) is 36.3. The van der Waals surface area contributed by atoms with Crippen molar-refractivity contribution in [1.29, 1.82) is 0 Å². The number of hydrogen-bond donors (Lipinski definition) is 12. The van der Waals surface area contributed by atoms with Gasteiger partial charge in [-0.1, -0.05) is 36.4 Å².